The number of ketones is 2. The lowest BCUT2D eigenvalue weighted by atomic mass is 9.90. The zero-order valence-corrected chi connectivity index (χ0v) is 19.2. The Labute approximate surface area is 181 Å². The Kier molecular flexibility index (Phi) is 7.64. The molecule has 0 N–H and O–H groups in total. The first-order chi connectivity index (χ1) is 14.3. The van der Waals surface area contributed by atoms with Gasteiger partial charge in [0, 0.05) is 62.9 Å². The van der Waals surface area contributed by atoms with Gasteiger partial charge in [0.2, 0.25) is 0 Å². The van der Waals surface area contributed by atoms with E-state index in [2.05, 4.69) is 19.7 Å². The fourth-order valence-electron chi connectivity index (χ4n) is 4.19. The third-order valence-corrected chi connectivity index (χ3v) is 6.52. The van der Waals surface area contributed by atoms with Crippen LogP contribution in [0.2, 0.25) is 0 Å². The van der Waals surface area contributed by atoms with E-state index in [0.29, 0.717) is 30.2 Å². The van der Waals surface area contributed by atoms with Gasteiger partial charge in [-0.05, 0) is 37.4 Å². The second-order valence-corrected chi connectivity index (χ2v) is 9.86. The minimum absolute atomic E-state index is 0.149. The maximum absolute atomic E-state index is 12.2. The van der Waals surface area contributed by atoms with Gasteiger partial charge in [0.1, 0.15) is 5.82 Å². The lowest BCUT2D eigenvalue weighted by Crippen LogP contribution is -2.49. The Morgan fingerprint density at radius 3 is 2.37 bits per heavy atom. The van der Waals surface area contributed by atoms with Crippen molar-refractivity contribution in [2.45, 2.75) is 47.0 Å². The number of piperazine rings is 1. The molecule has 0 spiro atoms. The van der Waals surface area contributed by atoms with E-state index in [9.17, 15) is 9.59 Å². The van der Waals surface area contributed by atoms with Crippen molar-refractivity contribution in [3.05, 3.63) is 23.9 Å². The highest BCUT2D eigenvalue weighted by Gasteiger charge is 2.27. The molecule has 1 aromatic heterocycles. The Morgan fingerprint density at radius 2 is 1.77 bits per heavy atom. The van der Waals surface area contributed by atoms with Crippen LogP contribution in [0.4, 0.5) is 5.82 Å². The molecule has 0 saturated carbocycles. The summed E-state index contributed by atoms with van der Waals surface area (Å²) in [6.45, 7) is 15.8. The van der Waals surface area contributed by atoms with Gasteiger partial charge in [0.15, 0.2) is 11.6 Å². The van der Waals surface area contributed by atoms with E-state index >= 15 is 0 Å². The number of rotatable bonds is 8. The quantitative estimate of drug-likeness (QED) is 0.609. The minimum atomic E-state index is -0.244. The zero-order valence-electron chi connectivity index (χ0n) is 19.2. The second kappa shape index (κ2) is 10.0. The van der Waals surface area contributed by atoms with Crippen LogP contribution in [0.5, 0.6) is 0 Å². The van der Waals surface area contributed by atoms with E-state index in [1.165, 1.54) is 12.8 Å². The number of Topliss-reactive ketones (excluding diaryl/α,β-unsaturated/α-hetero) is 2. The highest BCUT2D eigenvalue weighted by atomic mass is 16.1. The Morgan fingerprint density at radius 1 is 1.07 bits per heavy atom. The standard InChI is InChI=1S/C24H38N4O2/c1-5-21(29)20-6-7-23(25-16-20)28-11-9-19(17-28)8-10-26-12-14-27(15-13-26)18-22(30)24(2,3)4/h6-7,16,19H,5,8-15,17-18H2,1-4H3. The van der Waals surface area contributed by atoms with Gasteiger partial charge in [-0.15, -0.1) is 0 Å². The number of nitrogens with zero attached hydrogens (tertiary/aromatic N) is 4. The van der Waals surface area contributed by atoms with Crippen LogP contribution in [0.15, 0.2) is 18.3 Å². The van der Waals surface area contributed by atoms with Gasteiger partial charge in [-0.1, -0.05) is 27.7 Å². The summed E-state index contributed by atoms with van der Waals surface area (Å²) in [7, 11) is 0. The number of hydrogen-bond acceptors (Lipinski definition) is 6. The van der Waals surface area contributed by atoms with Crippen LogP contribution >= 0.6 is 0 Å². The Balaban J connectivity index is 1.38. The summed E-state index contributed by atoms with van der Waals surface area (Å²) >= 11 is 0. The van der Waals surface area contributed by atoms with E-state index in [1.54, 1.807) is 6.20 Å². The fourth-order valence-corrected chi connectivity index (χ4v) is 4.19. The average Bonchev–Trinajstić information content (AvgIpc) is 3.21. The Bertz CT molecular complexity index is 718. The van der Waals surface area contributed by atoms with E-state index in [-0.39, 0.29) is 11.2 Å². The normalized spacial score (nSPS) is 21.2. The molecule has 1 atom stereocenters. The van der Waals surface area contributed by atoms with Crippen LogP contribution in [0.25, 0.3) is 0 Å². The molecular formula is C24H38N4O2. The average molecular weight is 415 g/mol. The van der Waals surface area contributed by atoms with Gasteiger partial charge in [-0.25, -0.2) is 4.98 Å². The number of carbonyl (C=O) groups excluding carboxylic acids is 2. The number of carbonyl (C=O) groups is 2. The molecule has 6 nitrogen and oxygen atoms in total. The van der Waals surface area contributed by atoms with Crippen molar-refractivity contribution in [2.24, 2.45) is 11.3 Å². The van der Waals surface area contributed by atoms with E-state index < -0.39 is 0 Å². The molecule has 0 radical (unpaired) electrons. The molecule has 0 amide bonds. The van der Waals surface area contributed by atoms with Crippen molar-refractivity contribution >= 4 is 17.4 Å². The first-order valence-electron chi connectivity index (χ1n) is 11.5. The van der Waals surface area contributed by atoms with Crippen LogP contribution in [-0.2, 0) is 4.79 Å². The van der Waals surface area contributed by atoms with E-state index in [4.69, 9.17) is 0 Å². The molecule has 3 heterocycles. The smallest absolute Gasteiger partial charge is 0.164 e. The molecule has 0 aromatic carbocycles. The molecule has 1 aromatic rings. The molecule has 2 saturated heterocycles. The Hall–Kier alpha value is -1.79. The van der Waals surface area contributed by atoms with Crippen LogP contribution < -0.4 is 4.90 Å². The minimum Gasteiger partial charge on any atom is -0.356 e. The molecule has 2 fully saturated rings. The molecule has 2 aliphatic rings. The number of hydrogen-bond donors (Lipinski definition) is 0. The summed E-state index contributed by atoms with van der Waals surface area (Å²) in [6.07, 6.45) is 4.66. The van der Waals surface area contributed by atoms with Gasteiger partial charge >= 0.3 is 0 Å². The number of pyridine rings is 1. The monoisotopic (exact) mass is 414 g/mol. The first kappa shape index (κ1) is 22.9. The molecule has 2 aliphatic heterocycles. The molecule has 0 aliphatic carbocycles. The van der Waals surface area contributed by atoms with Crippen molar-refractivity contribution in [3.63, 3.8) is 0 Å². The molecule has 166 valence electrons. The maximum atomic E-state index is 12.2. The SMILES string of the molecule is CCC(=O)c1ccc(N2CCC(CCN3CCN(CC(=O)C(C)(C)C)CC3)C2)nc1. The topological polar surface area (TPSA) is 56.8 Å². The van der Waals surface area contributed by atoms with Gasteiger partial charge in [0.25, 0.3) is 0 Å². The second-order valence-electron chi connectivity index (χ2n) is 9.86. The highest BCUT2D eigenvalue weighted by molar-refractivity contribution is 5.95. The number of anilines is 1. The summed E-state index contributed by atoms with van der Waals surface area (Å²) in [5.41, 5.74) is 0.465. The van der Waals surface area contributed by atoms with E-state index in [1.807, 2.05) is 39.8 Å². The third kappa shape index (κ3) is 6.11. The molecule has 6 heteroatoms. The summed E-state index contributed by atoms with van der Waals surface area (Å²) < 4.78 is 0. The summed E-state index contributed by atoms with van der Waals surface area (Å²) in [4.78, 5) is 35.7. The van der Waals surface area contributed by atoms with Crippen molar-refractivity contribution in [1.29, 1.82) is 0 Å². The predicted octanol–water partition coefficient (Wildman–Crippen LogP) is 3.12. The fraction of sp³-hybridized carbons (Fsp3) is 0.708. The molecule has 0 bridgehead atoms. The molecule has 3 rings (SSSR count). The number of aromatic nitrogens is 1. The van der Waals surface area contributed by atoms with Gasteiger partial charge < -0.3 is 9.80 Å². The van der Waals surface area contributed by atoms with Crippen molar-refractivity contribution in [2.75, 3.05) is 57.3 Å². The molecular weight excluding hydrogens is 376 g/mol. The van der Waals surface area contributed by atoms with Crippen molar-refractivity contribution < 1.29 is 9.59 Å². The van der Waals surface area contributed by atoms with Gasteiger partial charge in [-0.3, -0.25) is 14.5 Å². The van der Waals surface area contributed by atoms with Crippen molar-refractivity contribution in [3.8, 4) is 0 Å². The van der Waals surface area contributed by atoms with Gasteiger partial charge in [0.05, 0.1) is 6.54 Å². The van der Waals surface area contributed by atoms with Gasteiger partial charge in [-0.2, -0.15) is 0 Å². The van der Waals surface area contributed by atoms with Crippen LogP contribution in [0.1, 0.15) is 57.3 Å². The third-order valence-electron chi connectivity index (χ3n) is 6.52. The lowest BCUT2D eigenvalue weighted by molar-refractivity contribution is -0.127. The summed E-state index contributed by atoms with van der Waals surface area (Å²) in [5, 5.41) is 0. The zero-order chi connectivity index (χ0) is 21.7. The van der Waals surface area contributed by atoms with E-state index in [0.717, 1.165) is 51.6 Å². The molecule has 1 unspecified atom stereocenters. The first-order valence-corrected chi connectivity index (χ1v) is 11.5. The molecule has 30 heavy (non-hydrogen) atoms. The predicted molar refractivity (Wildman–Crippen MR) is 121 cm³/mol. The lowest BCUT2D eigenvalue weighted by Gasteiger charge is -2.35. The van der Waals surface area contributed by atoms with Crippen molar-refractivity contribution in [1.82, 2.24) is 14.8 Å². The van der Waals surface area contributed by atoms with Crippen LogP contribution in [-0.4, -0.2) is 78.7 Å². The summed E-state index contributed by atoms with van der Waals surface area (Å²) in [6, 6.07) is 3.90. The highest BCUT2D eigenvalue weighted by Crippen LogP contribution is 2.25. The maximum Gasteiger partial charge on any atom is 0.164 e. The summed E-state index contributed by atoms with van der Waals surface area (Å²) in [5.74, 6) is 2.17. The largest absolute Gasteiger partial charge is 0.356 e. The van der Waals surface area contributed by atoms with Crippen LogP contribution in [0, 0.1) is 11.3 Å². The van der Waals surface area contributed by atoms with Crippen LogP contribution in [0.3, 0.4) is 0 Å².